The number of benzene rings is 2. The van der Waals surface area contributed by atoms with Crippen molar-refractivity contribution in [3.63, 3.8) is 0 Å². The summed E-state index contributed by atoms with van der Waals surface area (Å²) in [5.74, 6) is 0.985. The number of Topliss-reactive ketones (excluding diaryl/α,β-unsaturated/α-hetero) is 1. The average Bonchev–Trinajstić information content (AvgIpc) is 2.90. The number of ether oxygens (including phenoxy) is 1. The predicted molar refractivity (Wildman–Crippen MR) is 91.4 cm³/mol. The third kappa shape index (κ3) is 2.20. The van der Waals surface area contributed by atoms with E-state index in [0.717, 1.165) is 5.56 Å². The van der Waals surface area contributed by atoms with Crippen molar-refractivity contribution in [1.29, 1.82) is 0 Å². The molecule has 118 valence electrons. The Morgan fingerprint density at radius 3 is 2.78 bits per heavy atom. The number of aliphatic hydroxyl groups is 1. The minimum Gasteiger partial charge on any atom is -0.492 e. The first kappa shape index (κ1) is 15.1. The highest BCUT2D eigenvalue weighted by Crippen LogP contribution is 2.57. The Morgan fingerprint density at radius 2 is 2.00 bits per heavy atom. The van der Waals surface area contributed by atoms with Crippen LogP contribution in [0, 0.1) is 5.41 Å². The molecule has 1 spiro atoms. The zero-order valence-corrected chi connectivity index (χ0v) is 13.8. The van der Waals surface area contributed by atoms with Gasteiger partial charge in [0, 0.05) is 16.0 Å². The van der Waals surface area contributed by atoms with Gasteiger partial charge in [0.05, 0.1) is 11.7 Å². The molecule has 0 radical (unpaired) electrons. The monoisotopic (exact) mass is 346 g/mol. The molecule has 0 aromatic heterocycles. The van der Waals surface area contributed by atoms with Crippen LogP contribution in [0.2, 0.25) is 5.02 Å². The number of aliphatic hydroxyl groups excluding tert-OH is 1. The van der Waals surface area contributed by atoms with Gasteiger partial charge in [-0.2, -0.15) is 0 Å². The number of ketones is 1. The van der Waals surface area contributed by atoms with E-state index in [1.165, 1.54) is 0 Å². The Bertz CT molecular complexity index is 764. The summed E-state index contributed by atoms with van der Waals surface area (Å²) in [4.78, 5) is 13.3. The number of hydrogen-bond donors (Lipinski definition) is 1. The fraction of sp³-hybridized carbons (Fsp3) is 0.278. The fourth-order valence-corrected chi connectivity index (χ4v) is 5.27. The van der Waals surface area contributed by atoms with Crippen molar-refractivity contribution in [1.82, 2.24) is 0 Å². The van der Waals surface area contributed by atoms with Gasteiger partial charge >= 0.3 is 0 Å². The Morgan fingerprint density at radius 1 is 1.22 bits per heavy atom. The number of rotatable bonds is 1. The first-order chi connectivity index (χ1) is 11.1. The number of carbonyl (C=O) groups is 1. The Kier molecular flexibility index (Phi) is 3.63. The number of hydrogen-bond acceptors (Lipinski definition) is 4. The molecule has 1 N–H and O–H groups in total. The molecule has 3 atom stereocenters. The number of fused-ring (bicyclic) bond motifs is 1. The van der Waals surface area contributed by atoms with Crippen LogP contribution in [0.15, 0.2) is 48.5 Å². The molecule has 2 aromatic carbocycles. The summed E-state index contributed by atoms with van der Waals surface area (Å²) in [7, 11) is 0. The molecule has 3 nitrogen and oxygen atoms in total. The summed E-state index contributed by atoms with van der Waals surface area (Å²) in [6.45, 7) is 0.189. The van der Waals surface area contributed by atoms with E-state index in [1.54, 1.807) is 30.0 Å². The lowest BCUT2D eigenvalue weighted by Crippen LogP contribution is -2.50. The lowest BCUT2D eigenvalue weighted by Gasteiger charge is -2.39. The molecule has 4 rings (SSSR count). The molecule has 2 aliphatic heterocycles. The smallest absolute Gasteiger partial charge is 0.180 e. The molecule has 2 heterocycles. The lowest BCUT2D eigenvalue weighted by molar-refractivity contribution is 0.00923. The zero-order chi connectivity index (χ0) is 16.0. The van der Waals surface area contributed by atoms with E-state index >= 15 is 0 Å². The van der Waals surface area contributed by atoms with Crippen LogP contribution in [0.25, 0.3) is 0 Å². The number of carbonyl (C=O) groups excluding carboxylic acids is 1. The third-order valence-corrected chi connectivity index (χ3v) is 6.43. The summed E-state index contributed by atoms with van der Waals surface area (Å²) < 4.78 is 5.86. The molecule has 0 unspecified atom stereocenters. The van der Waals surface area contributed by atoms with Crippen LogP contribution in [0.4, 0.5) is 0 Å². The number of halogens is 1. The van der Waals surface area contributed by atoms with E-state index in [4.69, 9.17) is 16.3 Å². The van der Waals surface area contributed by atoms with Gasteiger partial charge < -0.3 is 9.84 Å². The van der Waals surface area contributed by atoms with E-state index in [9.17, 15) is 9.90 Å². The van der Waals surface area contributed by atoms with Gasteiger partial charge in [0.15, 0.2) is 5.78 Å². The van der Waals surface area contributed by atoms with Gasteiger partial charge in [-0.1, -0.05) is 41.9 Å². The minimum atomic E-state index is -0.955. The predicted octanol–water partition coefficient (Wildman–Crippen LogP) is 3.75. The summed E-state index contributed by atoms with van der Waals surface area (Å²) >= 11 is 7.66. The Labute approximate surface area is 143 Å². The topological polar surface area (TPSA) is 46.5 Å². The van der Waals surface area contributed by atoms with Gasteiger partial charge in [0.25, 0.3) is 0 Å². The minimum absolute atomic E-state index is 0.0763. The Hall–Kier alpha value is -1.49. The number of thioether (sulfide) groups is 1. The largest absolute Gasteiger partial charge is 0.492 e. The van der Waals surface area contributed by atoms with Crippen molar-refractivity contribution in [2.45, 2.75) is 11.4 Å². The molecular formula is C18H15ClO3S. The van der Waals surface area contributed by atoms with Gasteiger partial charge in [0.2, 0.25) is 0 Å². The van der Waals surface area contributed by atoms with Crippen molar-refractivity contribution in [3.05, 3.63) is 64.7 Å². The zero-order valence-electron chi connectivity index (χ0n) is 12.2. The molecule has 0 aliphatic carbocycles. The van der Waals surface area contributed by atoms with Gasteiger partial charge in [-0.15, -0.1) is 11.8 Å². The molecule has 5 heteroatoms. The molecule has 23 heavy (non-hydrogen) atoms. The molecule has 2 aliphatic rings. The van der Waals surface area contributed by atoms with E-state index in [1.807, 2.05) is 30.3 Å². The van der Waals surface area contributed by atoms with Crippen molar-refractivity contribution in [3.8, 4) is 5.75 Å². The SMILES string of the molecule is O=C1c2cc(Cl)ccc2OC[C@]12[C@H](O)CS[C@H]2c1ccccc1. The second-order valence-electron chi connectivity index (χ2n) is 5.94. The van der Waals surface area contributed by atoms with Crippen LogP contribution in [0.1, 0.15) is 21.2 Å². The van der Waals surface area contributed by atoms with Crippen molar-refractivity contribution in [2.24, 2.45) is 5.41 Å². The maximum absolute atomic E-state index is 13.3. The quantitative estimate of drug-likeness (QED) is 0.854. The van der Waals surface area contributed by atoms with Gasteiger partial charge in [-0.25, -0.2) is 0 Å². The van der Waals surface area contributed by atoms with Crippen LogP contribution in [-0.2, 0) is 0 Å². The Balaban J connectivity index is 1.84. The van der Waals surface area contributed by atoms with Crippen molar-refractivity contribution < 1.29 is 14.6 Å². The lowest BCUT2D eigenvalue weighted by atomic mass is 9.71. The van der Waals surface area contributed by atoms with Crippen LogP contribution in [0.5, 0.6) is 5.75 Å². The van der Waals surface area contributed by atoms with Gasteiger partial charge in [0.1, 0.15) is 17.8 Å². The first-order valence-electron chi connectivity index (χ1n) is 7.45. The van der Waals surface area contributed by atoms with Crippen LogP contribution < -0.4 is 4.74 Å². The molecule has 1 fully saturated rings. The van der Waals surface area contributed by atoms with Crippen LogP contribution >= 0.6 is 23.4 Å². The van der Waals surface area contributed by atoms with E-state index < -0.39 is 11.5 Å². The average molecular weight is 347 g/mol. The fourth-order valence-electron chi connectivity index (χ4n) is 3.44. The molecular weight excluding hydrogens is 332 g/mol. The van der Waals surface area contributed by atoms with E-state index in [2.05, 4.69) is 0 Å². The highest BCUT2D eigenvalue weighted by Gasteiger charge is 2.59. The van der Waals surface area contributed by atoms with Crippen LogP contribution in [0.3, 0.4) is 0 Å². The van der Waals surface area contributed by atoms with Crippen molar-refractivity contribution >= 4 is 29.1 Å². The van der Waals surface area contributed by atoms with E-state index in [-0.39, 0.29) is 17.6 Å². The highest BCUT2D eigenvalue weighted by molar-refractivity contribution is 7.99. The van der Waals surface area contributed by atoms with Gasteiger partial charge in [-0.05, 0) is 23.8 Å². The van der Waals surface area contributed by atoms with E-state index in [0.29, 0.717) is 22.1 Å². The molecule has 0 amide bonds. The van der Waals surface area contributed by atoms with Crippen molar-refractivity contribution in [2.75, 3.05) is 12.4 Å². The highest BCUT2D eigenvalue weighted by atomic mass is 35.5. The third-order valence-electron chi connectivity index (χ3n) is 4.66. The molecule has 0 saturated carbocycles. The second-order valence-corrected chi connectivity index (χ2v) is 7.51. The summed E-state index contributed by atoms with van der Waals surface area (Å²) in [6, 6.07) is 14.9. The normalized spacial score (nSPS) is 29.4. The summed E-state index contributed by atoms with van der Waals surface area (Å²) in [5, 5.41) is 11.0. The molecule has 2 aromatic rings. The molecule has 0 bridgehead atoms. The molecule has 1 saturated heterocycles. The maximum atomic E-state index is 13.3. The standard InChI is InChI=1S/C18H15ClO3S/c19-12-6-7-14-13(8-12)16(21)18(10-22-14)15(20)9-23-17(18)11-4-2-1-3-5-11/h1-8,15,17,20H,9-10H2/t15-,17+,18+/m1/s1. The van der Waals surface area contributed by atoms with Crippen LogP contribution in [-0.4, -0.2) is 29.4 Å². The van der Waals surface area contributed by atoms with Gasteiger partial charge in [-0.3, -0.25) is 4.79 Å². The summed E-state index contributed by atoms with van der Waals surface area (Å²) in [5.41, 5.74) is 0.548. The maximum Gasteiger partial charge on any atom is 0.180 e. The second kappa shape index (κ2) is 5.55. The first-order valence-corrected chi connectivity index (χ1v) is 8.87. The summed E-state index contributed by atoms with van der Waals surface area (Å²) in [6.07, 6.45) is -0.739.